The van der Waals surface area contributed by atoms with Gasteiger partial charge >= 0.3 is 0 Å². The van der Waals surface area contributed by atoms with Gasteiger partial charge < -0.3 is 14.4 Å². The molecule has 132 valence electrons. The fourth-order valence-electron chi connectivity index (χ4n) is 3.41. The van der Waals surface area contributed by atoms with E-state index in [0.29, 0.717) is 0 Å². The second kappa shape index (κ2) is 9.04. The largest absolute Gasteiger partial charge is 0.484 e. The van der Waals surface area contributed by atoms with E-state index in [4.69, 9.17) is 9.47 Å². The Morgan fingerprint density at radius 3 is 2.50 bits per heavy atom. The van der Waals surface area contributed by atoms with Crippen molar-refractivity contribution in [1.29, 1.82) is 0 Å². The second-order valence-electron chi connectivity index (χ2n) is 6.67. The molecule has 2 aliphatic heterocycles. The van der Waals surface area contributed by atoms with Gasteiger partial charge in [-0.15, -0.1) is 0 Å². The van der Waals surface area contributed by atoms with Crippen LogP contribution in [-0.4, -0.2) is 68.3 Å². The second-order valence-corrected chi connectivity index (χ2v) is 6.67. The molecule has 0 radical (unpaired) electrons. The van der Waals surface area contributed by atoms with Gasteiger partial charge in [0.15, 0.2) is 6.61 Å². The number of morpholine rings is 1. The highest BCUT2D eigenvalue weighted by Gasteiger charge is 2.23. The van der Waals surface area contributed by atoms with E-state index in [1.807, 2.05) is 35.2 Å². The average Bonchev–Trinajstić information content (AvgIpc) is 2.66. The van der Waals surface area contributed by atoms with E-state index in [-0.39, 0.29) is 12.5 Å². The van der Waals surface area contributed by atoms with Crippen molar-refractivity contribution in [1.82, 2.24) is 9.80 Å². The summed E-state index contributed by atoms with van der Waals surface area (Å²) in [6, 6.07) is 9.53. The molecule has 2 fully saturated rings. The first-order valence-corrected chi connectivity index (χ1v) is 9.07. The van der Waals surface area contributed by atoms with Gasteiger partial charge in [0, 0.05) is 26.2 Å². The zero-order valence-electron chi connectivity index (χ0n) is 14.4. The third kappa shape index (κ3) is 5.21. The minimum atomic E-state index is 0.102. The van der Waals surface area contributed by atoms with Crippen molar-refractivity contribution in [3.05, 3.63) is 30.3 Å². The van der Waals surface area contributed by atoms with Gasteiger partial charge in [-0.2, -0.15) is 0 Å². The van der Waals surface area contributed by atoms with Gasteiger partial charge in [0.05, 0.1) is 13.2 Å². The molecule has 1 aromatic carbocycles. The molecule has 0 spiro atoms. The summed E-state index contributed by atoms with van der Waals surface area (Å²) < 4.78 is 11.0. The van der Waals surface area contributed by atoms with E-state index < -0.39 is 0 Å². The van der Waals surface area contributed by atoms with Crippen LogP contribution in [0.3, 0.4) is 0 Å². The average molecular weight is 332 g/mol. The van der Waals surface area contributed by atoms with E-state index in [1.54, 1.807) is 0 Å². The van der Waals surface area contributed by atoms with Gasteiger partial charge in [0.25, 0.3) is 5.91 Å². The number of hydrogen-bond acceptors (Lipinski definition) is 4. The Kier molecular flexibility index (Phi) is 6.49. The number of para-hydroxylation sites is 1. The van der Waals surface area contributed by atoms with Crippen molar-refractivity contribution in [2.45, 2.75) is 19.3 Å². The topological polar surface area (TPSA) is 42.0 Å². The Bertz CT molecular complexity index is 495. The molecular formula is C19H28N2O3. The number of carbonyl (C=O) groups excluding carboxylic acids is 1. The first kappa shape index (κ1) is 17.2. The first-order valence-electron chi connectivity index (χ1n) is 9.07. The minimum absolute atomic E-state index is 0.102. The number of hydrogen-bond donors (Lipinski definition) is 0. The fourth-order valence-corrected chi connectivity index (χ4v) is 3.41. The molecule has 0 unspecified atom stereocenters. The molecular weight excluding hydrogens is 304 g/mol. The van der Waals surface area contributed by atoms with Gasteiger partial charge in [0.1, 0.15) is 5.75 Å². The van der Waals surface area contributed by atoms with Gasteiger partial charge in [-0.25, -0.2) is 0 Å². The highest BCUT2D eigenvalue weighted by molar-refractivity contribution is 5.77. The van der Waals surface area contributed by atoms with Crippen LogP contribution in [0.2, 0.25) is 0 Å². The van der Waals surface area contributed by atoms with Gasteiger partial charge in [-0.05, 0) is 43.9 Å². The highest BCUT2D eigenvalue weighted by Crippen LogP contribution is 2.21. The number of nitrogens with zero attached hydrogens (tertiary/aromatic N) is 2. The lowest BCUT2D eigenvalue weighted by atomic mass is 9.93. The van der Waals surface area contributed by atoms with Crippen LogP contribution in [0.25, 0.3) is 0 Å². The number of amides is 1. The van der Waals surface area contributed by atoms with Crippen LogP contribution in [0.1, 0.15) is 19.3 Å². The fraction of sp³-hybridized carbons (Fsp3) is 0.632. The van der Waals surface area contributed by atoms with E-state index in [0.717, 1.165) is 63.9 Å². The van der Waals surface area contributed by atoms with Crippen LogP contribution in [-0.2, 0) is 9.53 Å². The highest BCUT2D eigenvalue weighted by atomic mass is 16.5. The quantitative estimate of drug-likeness (QED) is 0.799. The monoisotopic (exact) mass is 332 g/mol. The maximum absolute atomic E-state index is 12.3. The predicted molar refractivity (Wildman–Crippen MR) is 93.1 cm³/mol. The summed E-state index contributed by atoms with van der Waals surface area (Å²) in [5, 5.41) is 0. The van der Waals surface area contributed by atoms with Crippen molar-refractivity contribution >= 4 is 5.91 Å². The normalized spacial score (nSPS) is 20.1. The van der Waals surface area contributed by atoms with E-state index >= 15 is 0 Å². The van der Waals surface area contributed by atoms with E-state index in [1.165, 1.54) is 13.0 Å². The summed E-state index contributed by atoms with van der Waals surface area (Å²) in [6.07, 6.45) is 3.46. The van der Waals surface area contributed by atoms with Gasteiger partial charge in [-0.3, -0.25) is 9.69 Å². The SMILES string of the molecule is O=C(COc1ccccc1)N1CCC(CCN2CCOCC2)CC1. The van der Waals surface area contributed by atoms with Crippen LogP contribution in [0.5, 0.6) is 5.75 Å². The van der Waals surface area contributed by atoms with Crippen molar-refractivity contribution < 1.29 is 14.3 Å². The summed E-state index contributed by atoms with van der Waals surface area (Å²) in [6.45, 7) is 6.90. The lowest BCUT2D eigenvalue weighted by molar-refractivity contribution is -0.134. The molecule has 24 heavy (non-hydrogen) atoms. The van der Waals surface area contributed by atoms with E-state index in [2.05, 4.69) is 4.90 Å². The molecule has 2 heterocycles. The number of piperidine rings is 1. The molecule has 0 bridgehead atoms. The third-order valence-electron chi connectivity index (χ3n) is 5.03. The smallest absolute Gasteiger partial charge is 0.260 e. The van der Waals surface area contributed by atoms with Crippen LogP contribution in [0, 0.1) is 5.92 Å². The Balaban J connectivity index is 1.33. The first-order chi connectivity index (χ1) is 11.8. The molecule has 0 saturated carbocycles. The standard InChI is InChI=1S/C19H28N2O3/c22-19(16-24-18-4-2-1-3-5-18)21-10-7-17(8-11-21)6-9-20-12-14-23-15-13-20/h1-5,17H,6-16H2. The molecule has 2 saturated heterocycles. The molecule has 1 amide bonds. The molecule has 0 aromatic heterocycles. The van der Waals surface area contributed by atoms with Crippen molar-refractivity contribution in [3.63, 3.8) is 0 Å². The molecule has 5 nitrogen and oxygen atoms in total. The summed E-state index contributed by atoms with van der Waals surface area (Å²) in [5.74, 6) is 1.60. The Morgan fingerprint density at radius 2 is 1.79 bits per heavy atom. The Hall–Kier alpha value is -1.59. The van der Waals surface area contributed by atoms with E-state index in [9.17, 15) is 4.79 Å². The maximum atomic E-state index is 12.3. The number of carbonyl (C=O) groups is 1. The number of ether oxygens (including phenoxy) is 2. The Morgan fingerprint density at radius 1 is 1.08 bits per heavy atom. The summed E-state index contributed by atoms with van der Waals surface area (Å²) >= 11 is 0. The van der Waals surface area contributed by atoms with Gasteiger partial charge in [0.2, 0.25) is 0 Å². The molecule has 0 N–H and O–H groups in total. The number of likely N-dealkylation sites (tertiary alicyclic amines) is 1. The molecule has 0 aliphatic carbocycles. The molecule has 5 heteroatoms. The van der Waals surface area contributed by atoms with Crippen LogP contribution in [0.15, 0.2) is 30.3 Å². The third-order valence-corrected chi connectivity index (χ3v) is 5.03. The Labute approximate surface area is 144 Å². The lowest BCUT2D eigenvalue weighted by Gasteiger charge is -2.34. The maximum Gasteiger partial charge on any atom is 0.260 e. The van der Waals surface area contributed by atoms with Gasteiger partial charge in [-0.1, -0.05) is 18.2 Å². The van der Waals surface area contributed by atoms with Crippen molar-refractivity contribution in [3.8, 4) is 5.75 Å². The number of benzene rings is 1. The van der Waals surface area contributed by atoms with Crippen LogP contribution in [0.4, 0.5) is 0 Å². The molecule has 0 atom stereocenters. The molecule has 3 rings (SSSR count). The summed E-state index contributed by atoms with van der Waals surface area (Å²) in [7, 11) is 0. The van der Waals surface area contributed by atoms with Crippen LogP contribution >= 0.6 is 0 Å². The molecule has 2 aliphatic rings. The summed E-state index contributed by atoms with van der Waals surface area (Å²) in [5.41, 5.74) is 0. The lowest BCUT2D eigenvalue weighted by Crippen LogP contribution is -2.42. The number of rotatable bonds is 6. The zero-order chi connectivity index (χ0) is 16.6. The summed E-state index contributed by atoms with van der Waals surface area (Å²) in [4.78, 5) is 16.7. The van der Waals surface area contributed by atoms with Crippen LogP contribution < -0.4 is 4.74 Å². The zero-order valence-corrected chi connectivity index (χ0v) is 14.4. The van der Waals surface area contributed by atoms with Crippen molar-refractivity contribution in [2.24, 2.45) is 5.92 Å². The predicted octanol–water partition coefficient (Wildman–Crippen LogP) is 2.03. The minimum Gasteiger partial charge on any atom is -0.484 e. The molecule has 1 aromatic rings. The van der Waals surface area contributed by atoms with Crippen molar-refractivity contribution in [2.75, 3.05) is 52.5 Å².